The summed E-state index contributed by atoms with van der Waals surface area (Å²) in [6.07, 6.45) is 0. The quantitative estimate of drug-likeness (QED) is 0.673. The molecule has 8 heteroatoms. The number of hydrogen-bond acceptors (Lipinski definition) is 5. The molecular weight excluding hydrogens is 326 g/mol. The molecule has 0 radical (unpaired) electrons. The number of nitro benzene ring substituents is 1. The van der Waals surface area contributed by atoms with Gasteiger partial charge in [0.2, 0.25) is 0 Å². The smallest absolute Gasteiger partial charge is 0.270 e. The highest BCUT2D eigenvalue weighted by Gasteiger charge is 2.25. The van der Waals surface area contributed by atoms with Crippen LogP contribution in [0, 0.1) is 10.1 Å². The summed E-state index contributed by atoms with van der Waals surface area (Å²) in [5.41, 5.74) is 0.0508. The van der Waals surface area contributed by atoms with E-state index in [1.165, 1.54) is 23.5 Å². The van der Waals surface area contributed by atoms with Gasteiger partial charge in [0.25, 0.3) is 11.6 Å². The molecule has 1 aromatic carbocycles. The summed E-state index contributed by atoms with van der Waals surface area (Å²) in [7, 11) is 0. The number of fused-ring (bicyclic) bond motifs is 1. The van der Waals surface area contributed by atoms with E-state index in [0.29, 0.717) is 11.4 Å². The molecule has 0 bridgehead atoms. The summed E-state index contributed by atoms with van der Waals surface area (Å²) in [6.45, 7) is 4.30. The van der Waals surface area contributed by atoms with Crippen LogP contribution in [-0.2, 0) is 0 Å². The monoisotopic (exact) mass is 341 g/mol. The van der Waals surface area contributed by atoms with Gasteiger partial charge in [-0.05, 0) is 19.1 Å². The molecule has 1 atom stereocenters. The predicted octanol–water partition coefficient (Wildman–Crippen LogP) is 2.67. The third-order valence-corrected chi connectivity index (χ3v) is 4.79. The Hall–Kier alpha value is -1.70. The van der Waals surface area contributed by atoms with Gasteiger partial charge < -0.3 is 10.2 Å². The molecule has 0 unspecified atom stereocenters. The minimum atomic E-state index is -0.420. The second-order valence-electron chi connectivity index (χ2n) is 5.14. The van der Waals surface area contributed by atoms with Gasteiger partial charge in [0, 0.05) is 47.9 Å². The lowest BCUT2D eigenvalue weighted by Crippen LogP contribution is -2.52. The molecule has 2 heterocycles. The fourth-order valence-electron chi connectivity index (χ4n) is 2.53. The van der Waals surface area contributed by atoms with E-state index in [2.05, 4.69) is 5.32 Å². The molecule has 2 aromatic rings. The maximum Gasteiger partial charge on any atom is 0.270 e. The van der Waals surface area contributed by atoms with Crippen molar-refractivity contribution in [2.24, 2.45) is 0 Å². The fraction of sp³-hybridized carbons (Fsp3) is 0.357. The van der Waals surface area contributed by atoms with Gasteiger partial charge in [-0.1, -0.05) is 0 Å². The number of carbonyl (C=O) groups excluding carboxylic acids is 1. The number of hydrogen-bond donors (Lipinski definition) is 1. The third kappa shape index (κ3) is 3.06. The number of amides is 1. The Morgan fingerprint density at radius 2 is 2.23 bits per heavy atom. The van der Waals surface area contributed by atoms with E-state index in [1.807, 2.05) is 11.8 Å². The van der Waals surface area contributed by atoms with E-state index < -0.39 is 4.92 Å². The number of thiophene rings is 1. The van der Waals surface area contributed by atoms with Crippen LogP contribution in [0.3, 0.4) is 0 Å². The van der Waals surface area contributed by atoms with Gasteiger partial charge in [-0.3, -0.25) is 14.9 Å². The SMILES string of the molecule is C[C@H]1CNCCN1C(=O)c1cc2cc([N+](=O)[O-])ccc2s1.Cl. The highest BCUT2D eigenvalue weighted by Crippen LogP contribution is 2.30. The highest BCUT2D eigenvalue weighted by molar-refractivity contribution is 7.20. The number of piperazine rings is 1. The molecule has 0 saturated carbocycles. The molecule has 1 amide bonds. The molecule has 1 fully saturated rings. The number of carbonyl (C=O) groups is 1. The second kappa shape index (κ2) is 6.60. The van der Waals surface area contributed by atoms with Gasteiger partial charge in [-0.25, -0.2) is 0 Å². The minimum absolute atomic E-state index is 0. The summed E-state index contributed by atoms with van der Waals surface area (Å²) in [5.74, 6) is 0.00727. The number of rotatable bonds is 2. The maximum absolute atomic E-state index is 12.6. The average Bonchev–Trinajstić information content (AvgIpc) is 2.89. The number of nitrogens with zero attached hydrogens (tertiary/aromatic N) is 2. The number of non-ortho nitro benzene ring substituents is 1. The van der Waals surface area contributed by atoms with Crippen LogP contribution < -0.4 is 5.32 Å². The Morgan fingerprint density at radius 3 is 2.91 bits per heavy atom. The number of halogens is 1. The van der Waals surface area contributed by atoms with Crippen LogP contribution >= 0.6 is 23.7 Å². The number of benzene rings is 1. The second-order valence-corrected chi connectivity index (χ2v) is 6.23. The molecule has 22 heavy (non-hydrogen) atoms. The lowest BCUT2D eigenvalue weighted by molar-refractivity contribution is -0.384. The van der Waals surface area contributed by atoms with E-state index in [0.717, 1.165) is 23.2 Å². The van der Waals surface area contributed by atoms with Gasteiger partial charge >= 0.3 is 0 Å². The summed E-state index contributed by atoms with van der Waals surface area (Å²) in [5, 5.41) is 14.8. The van der Waals surface area contributed by atoms with Crippen LogP contribution in [0.15, 0.2) is 24.3 Å². The number of nitrogens with one attached hydrogen (secondary N) is 1. The van der Waals surface area contributed by atoms with Crippen molar-refractivity contribution < 1.29 is 9.72 Å². The van der Waals surface area contributed by atoms with Gasteiger partial charge in [-0.2, -0.15) is 0 Å². The zero-order valence-electron chi connectivity index (χ0n) is 11.9. The Bertz CT molecular complexity index is 718. The molecule has 6 nitrogen and oxygen atoms in total. The van der Waals surface area contributed by atoms with E-state index >= 15 is 0 Å². The normalized spacial score (nSPS) is 18.0. The van der Waals surface area contributed by atoms with E-state index in [1.54, 1.807) is 12.1 Å². The maximum atomic E-state index is 12.6. The molecular formula is C14H16ClN3O3S. The lowest BCUT2D eigenvalue weighted by atomic mass is 10.2. The van der Waals surface area contributed by atoms with E-state index in [4.69, 9.17) is 0 Å². The van der Waals surface area contributed by atoms with Crippen LogP contribution in [0.4, 0.5) is 5.69 Å². The van der Waals surface area contributed by atoms with Crippen LogP contribution in [0.1, 0.15) is 16.6 Å². The Morgan fingerprint density at radius 1 is 1.45 bits per heavy atom. The first-order chi connectivity index (χ1) is 10.1. The zero-order valence-corrected chi connectivity index (χ0v) is 13.6. The number of nitro groups is 1. The van der Waals surface area contributed by atoms with Crippen LogP contribution in [-0.4, -0.2) is 41.4 Å². The third-order valence-electron chi connectivity index (χ3n) is 3.68. The zero-order chi connectivity index (χ0) is 15.0. The largest absolute Gasteiger partial charge is 0.333 e. The van der Waals surface area contributed by atoms with Crippen molar-refractivity contribution in [2.75, 3.05) is 19.6 Å². The molecule has 118 valence electrons. The Kier molecular flexibility index (Phi) is 5.00. The van der Waals surface area contributed by atoms with Crippen molar-refractivity contribution in [3.63, 3.8) is 0 Å². The molecule has 1 saturated heterocycles. The van der Waals surface area contributed by atoms with E-state index in [-0.39, 0.29) is 30.0 Å². The van der Waals surface area contributed by atoms with Crippen LogP contribution in [0.25, 0.3) is 10.1 Å². The minimum Gasteiger partial charge on any atom is -0.333 e. The van der Waals surface area contributed by atoms with Gasteiger partial charge in [-0.15, -0.1) is 23.7 Å². The van der Waals surface area contributed by atoms with E-state index in [9.17, 15) is 14.9 Å². The van der Waals surface area contributed by atoms with Gasteiger partial charge in [0.05, 0.1) is 9.80 Å². The molecule has 1 aliphatic rings. The summed E-state index contributed by atoms with van der Waals surface area (Å²) >= 11 is 1.39. The van der Waals surface area contributed by atoms with Crippen molar-refractivity contribution in [2.45, 2.75) is 13.0 Å². The summed E-state index contributed by atoms with van der Waals surface area (Å²) in [6, 6.07) is 6.61. The van der Waals surface area contributed by atoms with Crippen molar-refractivity contribution in [1.82, 2.24) is 10.2 Å². The predicted molar refractivity (Wildman–Crippen MR) is 89.1 cm³/mol. The molecule has 0 aliphatic carbocycles. The fourth-order valence-corrected chi connectivity index (χ4v) is 3.53. The molecule has 3 rings (SSSR count). The molecule has 1 aliphatic heterocycles. The summed E-state index contributed by atoms with van der Waals surface area (Å²) in [4.78, 5) is 25.5. The molecule has 1 aromatic heterocycles. The first kappa shape index (κ1) is 16.7. The summed E-state index contributed by atoms with van der Waals surface area (Å²) < 4.78 is 0.895. The lowest BCUT2D eigenvalue weighted by Gasteiger charge is -2.33. The molecule has 0 spiro atoms. The Balaban J connectivity index is 0.00000176. The van der Waals surface area contributed by atoms with Crippen molar-refractivity contribution in [3.8, 4) is 0 Å². The van der Waals surface area contributed by atoms with Crippen molar-refractivity contribution >= 4 is 45.4 Å². The van der Waals surface area contributed by atoms with Crippen LogP contribution in [0.2, 0.25) is 0 Å². The van der Waals surface area contributed by atoms with Gasteiger partial charge in [0.1, 0.15) is 0 Å². The van der Waals surface area contributed by atoms with Crippen molar-refractivity contribution in [3.05, 3.63) is 39.3 Å². The van der Waals surface area contributed by atoms with Gasteiger partial charge in [0.15, 0.2) is 0 Å². The topological polar surface area (TPSA) is 75.5 Å². The van der Waals surface area contributed by atoms with Crippen molar-refractivity contribution in [1.29, 1.82) is 0 Å². The molecule has 1 N–H and O–H groups in total. The Labute approximate surface area is 137 Å². The van der Waals surface area contributed by atoms with Crippen LogP contribution in [0.5, 0.6) is 0 Å². The highest BCUT2D eigenvalue weighted by atomic mass is 35.5. The first-order valence-electron chi connectivity index (χ1n) is 6.76. The first-order valence-corrected chi connectivity index (χ1v) is 7.57. The average molecular weight is 342 g/mol. The standard InChI is InChI=1S/C14H15N3O3S.ClH/c1-9-8-15-4-5-16(9)14(18)13-7-10-6-11(17(19)20)2-3-12(10)21-13;/h2-3,6-7,9,15H,4-5,8H2,1H3;1H/t9-;/m0./s1.